The van der Waals surface area contributed by atoms with Crippen LogP contribution in [0.2, 0.25) is 0 Å². The summed E-state index contributed by atoms with van der Waals surface area (Å²) in [4.78, 5) is 43.8. The lowest BCUT2D eigenvalue weighted by molar-refractivity contribution is -0.133. The monoisotopic (exact) mass is 442 g/mol. The fraction of sp³-hybridized carbons (Fsp3) is 0.208. The number of benzene rings is 2. The lowest BCUT2D eigenvalue weighted by Crippen LogP contribution is -2.42. The van der Waals surface area contributed by atoms with Crippen LogP contribution in [0.4, 0.5) is 10.5 Å². The zero-order valence-corrected chi connectivity index (χ0v) is 18.4. The first-order valence-corrected chi connectivity index (χ1v) is 10.5. The normalized spacial score (nSPS) is 18.2. The molecule has 4 amide bonds. The highest BCUT2D eigenvalue weighted by Gasteiger charge is 2.49. The van der Waals surface area contributed by atoms with Gasteiger partial charge in [0.25, 0.3) is 5.91 Å². The van der Waals surface area contributed by atoms with Crippen LogP contribution in [-0.2, 0) is 22.2 Å². The minimum Gasteiger partial charge on any atom is -0.323 e. The summed E-state index contributed by atoms with van der Waals surface area (Å²) in [6, 6.07) is 14.6. The van der Waals surface area contributed by atoms with Crippen LogP contribution in [0.3, 0.4) is 0 Å². The molecule has 2 N–H and O–H groups in total. The van der Waals surface area contributed by atoms with E-state index >= 15 is 0 Å². The molecule has 9 heteroatoms. The van der Waals surface area contributed by atoms with E-state index in [-0.39, 0.29) is 0 Å². The number of aromatic nitrogens is 3. The van der Waals surface area contributed by atoms with Crippen molar-refractivity contribution < 1.29 is 14.4 Å². The number of rotatable bonds is 4. The van der Waals surface area contributed by atoms with Crippen molar-refractivity contribution in [3.8, 4) is 0 Å². The number of amides is 4. The minimum absolute atomic E-state index is 0.405. The van der Waals surface area contributed by atoms with Gasteiger partial charge in [-0.05, 0) is 42.3 Å². The van der Waals surface area contributed by atoms with E-state index in [0.717, 1.165) is 26.8 Å². The lowest BCUT2D eigenvalue weighted by Gasteiger charge is -2.22. The smallest absolute Gasteiger partial charge is 0.323 e. The third-order valence-corrected chi connectivity index (χ3v) is 6.05. The Balaban J connectivity index is 1.35. The molecular weight excluding hydrogens is 420 g/mol. The topological polar surface area (TPSA) is 109 Å². The van der Waals surface area contributed by atoms with Crippen LogP contribution < -0.4 is 10.6 Å². The van der Waals surface area contributed by atoms with Crippen molar-refractivity contribution in [2.75, 3.05) is 11.9 Å². The Morgan fingerprint density at radius 2 is 1.88 bits per heavy atom. The van der Waals surface area contributed by atoms with Gasteiger partial charge in [-0.3, -0.25) is 19.2 Å². The van der Waals surface area contributed by atoms with Crippen molar-refractivity contribution in [1.82, 2.24) is 25.0 Å². The maximum atomic E-state index is 13.2. The summed E-state index contributed by atoms with van der Waals surface area (Å²) in [7, 11) is 1.80. The Morgan fingerprint density at radius 3 is 2.67 bits per heavy atom. The van der Waals surface area contributed by atoms with Crippen LogP contribution in [0.1, 0.15) is 18.2 Å². The van der Waals surface area contributed by atoms with E-state index in [1.807, 2.05) is 49.4 Å². The SMILES string of the molecule is Cc1nn(C)c2ncc(NC(=O)CN3C(=O)NC(C)(c4ccc5ccccc5c4)C3=O)cc12. The molecule has 2 aromatic heterocycles. The molecule has 1 atom stereocenters. The van der Waals surface area contributed by atoms with Gasteiger partial charge in [0.05, 0.1) is 17.6 Å². The molecule has 1 aliphatic rings. The van der Waals surface area contributed by atoms with Crippen LogP contribution in [0.5, 0.6) is 0 Å². The number of nitrogens with zero attached hydrogens (tertiary/aromatic N) is 4. The number of nitrogens with one attached hydrogen (secondary N) is 2. The first-order valence-electron chi connectivity index (χ1n) is 10.5. The largest absolute Gasteiger partial charge is 0.325 e. The number of anilines is 1. The van der Waals surface area contributed by atoms with Gasteiger partial charge >= 0.3 is 6.03 Å². The Morgan fingerprint density at radius 1 is 1.12 bits per heavy atom. The van der Waals surface area contributed by atoms with Gasteiger partial charge < -0.3 is 10.6 Å². The van der Waals surface area contributed by atoms with Gasteiger partial charge in [0.1, 0.15) is 12.1 Å². The van der Waals surface area contributed by atoms with Crippen molar-refractivity contribution in [3.63, 3.8) is 0 Å². The fourth-order valence-electron chi connectivity index (χ4n) is 4.26. The Kier molecular flexibility index (Phi) is 4.63. The highest BCUT2D eigenvalue weighted by atomic mass is 16.2. The molecule has 0 saturated carbocycles. The molecule has 4 aromatic rings. The predicted molar refractivity (Wildman–Crippen MR) is 123 cm³/mol. The number of imide groups is 1. The molecule has 1 aliphatic heterocycles. The molecule has 1 saturated heterocycles. The maximum Gasteiger partial charge on any atom is 0.325 e. The molecule has 0 spiro atoms. The number of fused-ring (bicyclic) bond motifs is 2. The second kappa shape index (κ2) is 7.40. The number of hydrogen-bond acceptors (Lipinski definition) is 5. The van der Waals surface area contributed by atoms with E-state index in [4.69, 9.17) is 0 Å². The minimum atomic E-state index is -1.26. The van der Waals surface area contributed by atoms with Gasteiger partial charge in [-0.15, -0.1) is 0 Å². The van der Waals surface area contributed by atoms with Crippen LogP contribution >= 0.6 is 0 Å². The highest BCUT2D eigenvalue weighted by molar-refractivity contribution is 6.10. The molecule has 0 bridgehead atoms. The summed E-state index contributed by atoms with van der Waals surface area (Å²) < 4.78 is 1.66. The van der Waals surface area contributed by atoms with E-state index in [9.17, 15) is 14.4 Å². The van der Waals surface area contributed by atoms with Crippen LogP contribution in [0, 0.1) is 6.92 Å². The number of carbonyl (C=O) groups excluding carboxylic acids is 3. The highest BCUT2D eigenvalue weighted by Crippen LogP contribution is 2.31. The zero-order valence-electron chi connectivity index (χ0n) is 18.4. The third kappa shape index (κ3) is 3.38. The summed E-state index contributed by atoms with van der Waals surface area (Å²) in [5.74, 6) is -0.974. The van der Waals surface area contributed by atoms with Crippen molar-refractivity contribution in [3.05, 3.63) is 66.0 Å². The molecular formula is C24H22N6O3. The van der Waals surface area contributed by atoms with Gasteiger partial charge in [0.2, 0.25) is 5.91 Å². The molecule has 0 aliphatic carbocycles. The zero-order chi connectivity index (χ0) is 23.3. The van der Waals surface area contributed by atoms with Gasteiger partial charge in [-0.25, -0.2) is 9.78 Å². The Labute approximate surface area is 189 Å². The standard InChI is InChI=1S/C24H22N6O3/c1-14-19-11-18(12-25-21(19)29(3)28-14)26-20(31)13-30-22(32)24(2,27-23(30)33)17-9-8-15-6-4-5-7-16(15)10-17/h4-12H,13H2,1-3H3,(H,26,31)(H,27,33). The van der Waals surface area contributed by atoms with Crippen LogP contribution in [-0.4, -0.2) is 44.1 Å². The van der Waals surface area contributed by atoms with Crippen molar-refractivity contribution in [2.24, 2.45) is 7.05 Å². The van der Waals surface area contributed by atoms with E-state index in [1.165, 1.54) is 6.20 Å². The molecule has 2 aromatic carbocycles. The van der Waals surface area contributed by atoms with Gasteiger partial charge in [-0.2, -0.15) is 5.10 Å². The second-order valence-corrected chi connectivity index (χ2v) is 8.36. The number of pyridine rings is 1. The quantitative estimate of drug-likeness (QED) is 0.473. The maximum absolute atomic E-state index is 13.2. The first kappa shape index (κ1) is 20.6. The van der Waals surface area contributed by atoms with Crippen LogP contribution in [0.25, 0.3) is 21.8 Å². The molecule has 9 nitrogen and oxygen atoms in total. The molecule has 5 rings (SSSR count). The number of urea groups is 1. The summed E-state index contributed by atoms with van der Waals surface area (Å²) >= 11 is 0. The summed E-state index contributed by atoms with van der Waals surface area (Å²) in [6.07, 6.45) is 1.52. The third-order valence-electron chi connectivity index (χ3n) is 6.05. The van der Waals surface area contributed by atoms with Gasteiger partial charge in [0.15, 0.2) is 5.65 Å². The van der Waals surface area contributed by atoms with Crippen molar-refractivity contribution >= 4 is 45.3 Å². The van der Waals surface area contributed by atoms with Gasteiger partial charge in [0, 0.05) is 12.4 Å². The predicted octanol–water partition coefficient (Wildman–Crippen LogP) is 2.84. The Bertz CT molecular complexity index is 1460. The van der Waals surface area contributed by atoms with Crippen molar-refractivity contribution in [2.45, 2.75) is 19.4 Å². The van der Waals surface area contributed by atoms with E-state index in [1.54, 1.807) is 24.7 Å². The molecule has 1 unspecified atom stereocenters. The summed E-state index contributed by atoms with van der Waals surface area (Å²) in [6.45, 7) is 3.10. The molecule has 3 heterocycles. The number of hydrogen-bond donors (Lipinski definition) is 2. The van der Waals surface area contributed by atoms with Gasteiger partial charge in [-0.1, -0.05) is 36.4 Å². The fourth-order valence-corrected chi connectivity index (χ4v) is 4.26. The van der Waals surface area contributed by atoms with Crippen molar-refractivity contribution in [1.29, 1.82) is 0 Å². The van der Waals surface area contributed by atoms with E-state index in [0.29, 0.717) is 16.9 Å². The number of aryl methyl sites for hydroxylation is 2. The Hall–Kier alpha value is -4.27. The second-order valence-electron chi connectivity index (χ2n) is 8.36. The average molecular weight is 442 g/mol. The summed E-state index contributed by atoms with van der Waals surface area (Å²) in [5.41, 5.74) is 1.36. The first-order chi connectivity index (χ1) is 15.8. The average Bonchev–Trinajstić information content (AvgIpc) is 3.20. The molecule has 1 fully saturated rings. The van der Waals surface area contributed by atoms with Crippen LogP contribution in [0.15, 0.2) is 54.7 Å². The lowest BCUT2D eigenvalue weighted by atomic mass is 9.90. The number of carbonyl (C=O) groups is 3. The van der Waals surface area contributed by atoms with E-state index in [2.05, 4.69) is 20.7 Å². The molecule has 166 valence electrons. The summed E-state index contributed by atoms with van der Waals surface area (Å²) in [5, 5.41) is 12.6. The van der Waals surface area contributed by atoms with E-state index < -0.39 is 29.9 Å². The molecule has 0 radical (unpaired) electrons. The molecule has 33 heavy (non-hydrogen) atoms.